The predicted octanol–water partition coefficient (Wildman–Crippen LogP) is 2.26. The summed E-state index contributed by atoms with van der Waals surface area (Å²) in [6.45, 7) is 5.93. The lowest BCUT2D eigenvalue weighted by molar-refractivity contribution is -0.145. The molecule has 8 heteroatoms. The number of methoxy groups -OCH3 is 1. The van der Waals surface area contributed by atoms with E-state index in [0.29, 0.717) is 38.4 Å². The molecule has 2 aromatic heterocycles. The van der Waals surface area contributed by atoms with E-state index in [4.69, 9.17) is 9.15 Å². The zero-order valence-corrected chi connectivity index (χ0v) is 19.5. The van der Waals surface area contributed by atoms with Gasteiger partial charge in [0.1, 0.15) is 0 Å². The standard InChI is InChI=1S/C25H30N4O4/c1-17-10-19-14-29(8-6-20(19)26-12-17)23(30)25(16-32-3)7-9-28(15-25)13-18-4-5-22-21(11-18)27(2)24(31)33-22/h4-5,10-12H,6-9,13-16H2,1-3H3. The van der Waals surface area contributed by atoms with Crippen molar-refractivity contribution in [1.82, 2.24) is 19.4 Å². The summed E-state index contributed by atoms with van der Waals surface area (Å²) in [6.07, 6.45) is 3.45. The lowest BCUT2D eigenvalue weighted by atomic mass is 9.85. The van der Waals surface area contributed by atoms with Gasteiger partial charge < -0.3 is 14.1 Å². The summed E-state index contributed by atoms with van der Waals surface area (Å²) < 4.78 is 12.3. The molecule has 2 aliphatic rings. The fourth-order valence-corrected chi connectivity index (χ4v) is 5.31. The Bertz CT molecular complexity index is 1260. The molecule has 1 saturated heterocycles. The maximum absolute atomic E-state index is 13.8. The fraction of sp³-hybridized carbons (Fsp3) is 0.480. The Morgan fingerprint density at radius 2 is 2.12 bits per heavy atom. The highest BCUT2D eigenvalue weighted by atomic mass is 16.5. The van der Waals surface area contributed by atoms with Crippen molar-refractivity contribution in [2.24, 2.45) is 12.5 Å². The van der Waals surface area contributed by atoms with E-state index in [2.05, 4.69) is 16.0 Å². The van der Waals surface area contributed by atoms with Crippen molar-refractivity contribution in [3.63, 3.8) is 0 Å². The van der Waals surface area contributed by atoms with Crippen molar-refractivity contribution < 1.29 is 13.9 Å². The quantitative estimate of drug-likeness (QED) is 0.593. The SMILES string of the molecule is COCC1(C(=O)N2CCc3ncc(C)cc3C2)CCN(Cc2ccc3oc(=O)n(C)c3c2)C1. The maximum atomic E-state index is 13.8. The van der Waals surface area contributed by atoms with Crippen LogP contribution in [-0.4, -0.2) is 58.6 Å². The summed E-state index contributed by atoms with van der Waals surface area (Å²) in [4.78, 5) is 34.4. The summed E-state index contributed by atoms with van der Waals surface area (Å²) in [5.41, 5.74) is 5.29. The molecule has 1 atom stereocenters. The molecule has 0 saturated carbocycles. The topological polar surface area (TPSA) is 80.8 Å². The Labute approximate surface area is 192 Å². The van der Waals surface area contributed by atoms with Gasteiger partial charge in [-0.15, -0.1) is 0 Å². The highest BCUT2D eigenvalue weighted by molar-refractivity contribution is 5.84. The second-order valence-corrected chi connectivity index (χ2v) is 9.50. The maximum Gasteiger partial charge on any atom is 0.419 e. The molecule has 0 aliphatic carbocycles. The average Bonchev–Trinajstić information content (AvgIpc) is 3.34. The molecule has 2 aliphatic heterocycles. The van der Waals surface area contributed by atoms with Gasteiger partial charge in [0, 0.05) is 58.6 Å². The smallest absolute Gasteiger partial charge is 0.408 e. The lowest BCUT2D eigenvalue weighted by Crippen LogP contribution is -2.49. The van der Waals surface area contributed by atoms with Crippen LogP contribution in [0.5, 0.6) is 0 Å². The van der Waals surface area contributed by atoms with Gasteiger partial charge in [0.25, 0.3) is 0 Å². The molecule has 33 heavy (non-hydrogen) atoms. The number of benzene rings is 1. The Balaban J connectivity index is 1.33. The summed E-state index contributed by atoms with van der Waals surface area (Å²) in [5, 5.41) is 0. The van der Waals surface area contributed by atoms with E-state index >= 15 is 0 Å². The molecule has 1 aromatic carbocycles. The number of amides is 1. The van der Waals surface area contributed by atoms with Gasteiger partial charge in [-0.3, -0.25) is 19.2 Å². The Hall–Kier alpha value is -2.97. The van der Waals surface area contributed by atoms with E-state index in [9.17, 15) is 9.59 Å². The number of rotatable bonds is 5. The number of aryl methyl sites for hydroxylation is 2. The largest absolute Gasteiger partial charge is 0.419 e. The van der Waals surface area contributed by atoms with Crippen LogP contribution in [-0.2, 0) is 36.1 Å². The van der Waals surface area contributed by atoms with E-state index < -0.39 is 5.41 Å². The summed E-state index contributed by atoms with van der Waals surface area (Å²) >= 11 is 0. The number of likely N-dealkylation sites (tertiary alicyclic amines) is 1. The van der Waals surface area contributed by atoms with Crippen molar-refractivity contribution in [3.05, 3.63) is 63.4 Å². The van der Waals surface area contributed by atoms with Crippen LogP contribution >= 0.6 is 0 Å². The van der Waals surface area contributed by atoms with E-state index in [1.54, 1.807) is 14.2 Å². The number of hydrogen-bond donors (Lipinski definition) is 0. The molecule has 1 fully saturated rings. The molecule has 3 aromatic rings. The Morgan fingerprint density at radius 1 is 1.27 bits per heavy atom. The van der Waals surface area contributed by atoms with Crippen molar-refractivity contribution in [2.45, 2.75) is 32.9 Å². The minimum absolute atomic E-state index is 0.173. The normalized spacial score (nSPS) is 21.0. The second kappa shape index (κ2) is 8.43. The monoisotopic (exact) mass is 450 g/mol. The molecule has 1 unspecified atom stereocenters. The number of carbonyl (C=O) groups is 1. The van der Waals surface area contributed by atoms with Gasteiger partial charge in [0.05, 0.1) is 17.5 Å². The number of pyridine rings is 1. The van der Waals surface area contributed by atoms with E-state index in [0.717, 1.165) is 47.3 Å². The van der Waals surface area contributed by atoms with Crippen molar-refractivity contribution >= 4 is 17.0 Å². The number of nitrogens with zero attached hydrogens (tertiary/aromatic N) is 4. The van der Waals surface area contributed by atoms with Crippen LogP contribution in [0.25, 0.3) is 11.1 Å². The molecular formula is C25H30N4O4. The van der Waals surface area contributed by atoms with Gasteiger partial charge in [-0.1, -0.05) is 12.1 Å². The zero-order valence-electron chi connectivity index (χ0n) is 19.5. The zero-order chi connectivity index (χ0) is 23.2. The van der Waals surface area contributed by atoms with Crippen LogP contribution < -0.4 is 5.76 Å². The Kier molecular flexibility index (Phi) is 5.58. The molecule has 174 valence electrons. The summed E-state index contributed by atoms with van der Waals surface area (Å²) in [7, 11) is 3.38. The Morgan fingerprint density at radius 3 is 2.94 bits per heavy atom. The number of carbonyl (C=O) groups excluding carboxylic acids is 1. The first-order chi connectivity index (χ1) is 15.9. The third kappa shape index (κ3) is 3.98. The lowest BCUT2D eigenvalue weighted by Gasteiger charge is -2.36. The third-order valence-corrected chi connectivity index (χ3v) is 7.03. The molecule has 5 rings (SSSR count). The molecule has 0 bridgehead atoms. The van der Waals surface area contributed by atoms with E-state index in [1.807, 2.05) is 36.2 Å². The van der Waals surface area contributed by atoms with Crippen LogP contribution in [0.3, 0.4) is 0 Å². The molecule has 8 nitrogen and oxygen atoms in total. The van der Waals surface area contributed by atoms with E-state index in [1.165, 1.54) is 4.57 Å². The minimum atomic E-state index is -0.546. The van der Waals surface area contributed by atoms with Gasteiger partial charge in [-0.25, -0.2) is 4.79 Å². The van der Waals surface area contributed by atoms with Crippen LogP contribution in [0.15, 0.2) is 39.7 Å². The van der Waals surface area contributed by atoms with Crippen LogP contribution in [0.1, 0.15) is 28.8 Å². The van der Waals surface area contributed by atoms with Crippen molar-refractivity contribution in [1.29, 1.82) is 0 Å². The first-order valence-electron chi connectivity index (χ1n) is 11.4. The molecule has 0 N–H and O–H groups in total. The molecular weight excluding hydrogens is 420 g/mol. The highest BCUT2D eigenvalue weighted by Crippen LogP contribution is 2.35. The van der Waals surface area contributed by atoms with Gasteiger partial charge in [0.2, 0.25) is 5.91 Å². The first kappa shape index (κ1) is 21.9. The minimum Gasteiger partial charge on any atom is -0.408 e. The molecule has 0 spiro atoms. The summed E-state index contributed by atoms with van der Waals surface area (Å²) in [5.74, 6) is -0.187. The molecule has 0 radical (unpaired) electrons. The molecule has 1 amide bonds. The highest BCUT2D eigenvalue weighted by Gasteiger charge is 2.47. The summed E-state index contributed by atoms with van der Waals surface area (Å²) in [6, 6.07) is 7.97. The number of ether oxygens (including phenoxy) is 1. The van der Waals surface area contributed by atoms with Crippen LogP contribution in [0.2, 0.25) is 0 Å². The van der Waals surface area contributed by atoms with Gasteiger partial charge >= 0.3 is 5.76 Å². The van der Waals surface area contributed by atoms with Gasteiger partial charge in [-0.05, 0) is 48.7 Å². The van der Waals surface area contributed by atoms with E-state index in [-0.39, 0.29) is 11.7 Å². The molecule has 4 heterocycles. The van der Waals surface area contributed by atoms with Crippen LogP contribution in [0.4, 0.5) is 0 Å². The number of fused-ring (bicyclic) bond motifs is 2. The number of oxazole rings is 1. The van der Waals surface area contributed by atoms with Gasteiger partial charge in [-0.2, -0.15) is 0 Å². The first-order valence-corrected chi connectivity index (χ1v) is 11.4. The fourth-order valence-electron chi connectivity index (χ4n) is 5.31. The number of hydrogen-bond acceptors (Lipinski definition) is 6. The predicted molar refractivity (Wildman–Crippen MR) is 124 cm³/mol. The van der Waals surface area contributed by atoms with Crippen molar-refractivity contribution in [2.75, 3.05) is 33.4 Å². The van der Waals surface area contributed by atoms with Gasteiger partial charge in [0.15, 0.2) is 5.58 Å². The average molecular weight is 451 g/mol. The van der Waals surface area contributed by atoms with Crippen molar-refractivity contribution in [3.8, 4) is 0 Å². The van der Waals surface area contributed by atoms with Crippen LogP contribution in [0, 0.1) is 12.3 Å². The second-order valence-electron chi connectivity index (χ2n) is 9.50. The third-order valence-electron chi connectivity index (χ3n) is 7.03. The number of aromatic nitrogens is 2.